The molecular weight excluding hydrogens is 320 g/mol. The first-order chi connectivity index (χ1) is 12.7. The van der Waals surface area contributed by atoms with Crippen molar-refractivity contribution < 1.29 is 0 Å². The molecule has 130 valence electrons. The van der Waals surface area contributed by atoms with Crippen LogP contribution < -0.4 is 10.7 Å². The second kappa shape index (κ2) is 5.77. The fourth-order valence-corrected chi connectivity index (χ4v) is 4.30. The van der Waals surface area contributed by atoms with Crippen molar-refractivity contribution >= 4 is 28.1 Å². The number of hydrazine groups is 1. The summed E-state index contributed by atoms with van der Waals surface area (Å²) < 4.78 is 0. The van der Waals surface area contributed by atoms with Gasteiger partial charge in [0, 0.05) is 13.6 Å². The third-order valence-corrected chi connectivity index (χ3v) is 5.65. The first-order valence-corrected chi connectivity index (χ1v) is 9.19. The first kappa shape index (κ1) is 15.3. The molecule has 4 heteroatoms. The van der Waals surface area contributed by atoms with Gasteiger partial charge in [0.2, 0.25) is 5.96 Å². The van der Waals surface area contributed by atoms with Gasteiger partial charge in [0.15, 0.2) is 0 Å². The van der Waals surface area contributed by atoms with Crippen LogP contribution in [0.2, 0.25) is 0 Å². The van der Waals surface area contributed by atoms with E-state index in [9.17, 15) is 0 Å². The highest BCUT2D eigenvalue weighted by atomic mass is 15.6. The zero-order valence-electron chi connectivity index (χ0n) is 14.9. The minimum absolute atomic E-state index is 0.529. The molecule has 0 radical (unpaired) electrons. The summed E-state index contributed by atoms with van der Waals surface area (Å²) in [4.78, 5) is 4.81. The molecule has 0 amide bonds. The van der Waals surface area contributed by atoms with Gasteiger partial charge < -0.3 is 5.73 Å². The van der Waals surface area contributed by atoms with Crippen LogP contribution in [0.4, 0.5) is 11.4 Å². The molecule has 0 spiro atoms. The lowest BCUT2D eigenvalue weighted by molar-refractivity contribution is 0.465. The van der Waals surface area contributed by atoms with E-state index in [0.29, 0.717) is 5.96 Å². The molecule has 0 fully saturated rings. The number of benzene rings is 3. The molecule has 0 unspecified atom stereocenters. The normalized spacial score (nSPS) is 15.6. The minimum atomic E-state index is 0.529. The van der Waals surface area contributed by atoms with Crippen LogP contribution in [0.25, 0.3) is 10.8 Å². The molecule has 3 aromatic carbocycles. The van der Waals surface area contributed by atoms with Crippen LogP contribution in [-0.2, 0) is 19.3 Å². The van der Waals surface area contributed by atoms with Gasteiger partial charge in [-0.25, -0.2) is 4.99 Å². The largest absolute Gasteiger partial charge is 0.368 e. The van der Waals surface area contributed by atoms with E-state index in [1.807, 2.05) is 12.1 Å². The Kier molecular flexibility index (Phi) is 3.38. The molecule has 5 rings (SSSR count). The van der Waals surface area contributed by atoms with Crippen LogP contribution in [0.15, 0.2) is 59.6 Å². The van der Waals surface area contributed by atoms with E-state index in [2.05, 4.69) is 59.6 Å². The van der Waals surface area contributed by atoms with Crippen molar-refractivity contribution in [1.82, 2.24) is 5.01 Å². The van der Waals surface area contributed by atoms with Gasteiger partial charge in [0.1, 0.15) is 0 Å². The molecule has 1 heterocycles. The van der Waals surface area contributed by atoms with E-state index in [1.165, 1.54) is 33.2 Å². The summed E-state index contributed by atoms with van der Waals surface area (Å²) in [6.07, 6.45) is 3.17. The number of rotatable bonds is 2. The van der Waals surface area contributed by atoms with Gasteiger partial charge in [-0.2, -0.15) is 0 Å². The van der Waals surface area contributed by atoms with Crippen LogP contribution >= 0.6 is 0 Å². The Hall–Kier alpha value is -3.01. The van der Waals surface area contributed by atoms with E-state index in [-0.39, 0.29) is 0 Å². The smallest absolute Gasteiger partial charge is 0.215 e. The molecule has 0 saturated heterocycles. The van der Waals surface area contributed by atoms with Crippen LogP contribution in [0.5, 0.6) is 0 Å². The molecule has 3 aromatic rings. The maximum Gasteiger partial charge on any atom is 0.215 e. The fourth-order valence-electron chi connectivity index (χ4n) is 4.30. The van der Waals surface area contributed by atoms with Crippen molar-refractivity contribution in [2.45, 2.75) is 19.3 Å². The number of hydrogen-bond donors (Lipinski definition) is 1. The SMILES string of the molecule is CN(C(N)=Nc1ccc2cccc3c2c1CC3)N1CCc2ccccc21. The van der Waals surface area contributed by atoms with E-state index in [0.717, 1.165) is 31.5 Å². The van der Waals surface area contributed by atoms with Crippen LogP contribution in [-0.4, -0.2) is 24.6 Å². The molecule has 0 bridgehead atoms. The summed E-state index contributed by atoms with van der Waals surface area (Å²) in [5.41, 5.74) is 12.7. The van der Waals surface area contributed by atoms with Crippen LogP contribution in [0.3, 0.4) is 0 Å². The molecular formula is C22H22N4. The van der Waals surface area contributed by atoms with E-state index >= 15 is 0 Å². The second-order valence-electron chi connectivity index (χ2n) is 7.07. The van der Waals surface area contributed by atoms with Crippen molar-refractivity contribution in [2.24, 2.45) is 10.7 Å². The quantitative estimate of drug-likeness (QED) is 0.569. The third kappa shape index (κ3) is 2.25. The summed E-state index contributed by atoms with van der Waals surface area (Å²) in [5.74, 6) is 0.529. The summed E-state index contributed by atoms with van der Waals surface area (Å²) in [6.45, 7) is 0.931. The van der Waals surface area contributed by atoms with Gasteiger partial charge in [-0.3, -0.25) is 10.0 Å². The molecule has 0 atom stereocenters. The molecule has 1 aliphatic heterocycles. The maximum atomic E-state index is 6.41. The van der Waals surface area contributed by atoms with E-state index in [4.69, 9.17) is 10.7 Å². The Labute approximate surface area is 153 Å². The van der Waals surface area contributed by atoms with Gasteiger partial charge in [0.05, 0.1) is 11.4 Å². The highest BCUT2D eigenvalue weighted by Crippen LogP contribution is 2.37. The Balaban J connectivity index is 1.51. The number of nitrogens with two attached hydrogens (primary N) is 1. The Morgan fingerprint density at radius 3 is 2.73 bits per heavy atom. The molecule has 4 nitrogen and oxygen atoms in total. The number of fused-ring (bicyclic) bond motifs is 1. The Bertz CT molecular complexity index is 1040. The first-order valence-electron chi connectivity index (χ1n) is 9.19. The van der Waals surface area contributed by atoms with E-state index in [1.54, 1.807) is 0 Å². The molecule has 2 N–H and O–H groups in total. The molecule has 2 aliphatic rings. The lowest BCUT2D eigenvalue weighted by atomic mass is 10.0. The molecule has 26 heavy (non-hydrogen) atoms. The van der Waals surface area contributed by atoms with Crippen molar-refractivity contribution in [3.8, 4) is 0 Å². The zero-order chi connectivity index (χ0) is 17.7. The van der Waals surface area contributed by atoms with Crippen molar-refractivity contribution in [3.63, 3.8) is 0 Å². The fraction of sp³-hybridized carbons (Fsp3) is 0.227. The summed E-state index contributed by atoms with van der Waals surface area (Å²) in [5, 5.41) is 6.86. The van der Waals surface area contributed by atoms with Crippen molar-refractivity contribution in [2.75, 3.05) is 18.6 Å². The average Bonchev–Trinajstić information content (AvgIpc) is 3.29. The number of guanidine groups is 1. The number of hydrogen-bond acceptors (Lipinski definition) is 2. The predicted molar refractivity (Wildman–Crippen MR) is 108 cm³/mol. The third-order valence-electron chi connectivity index (χ3n) is 5.65. The number of nitrogens with zero attached hydrogens (tertiary/aromatic N) is 3. The van der Waals surface area contributed by atoms with Crippen molar-refractivity contribution in [3.05, 3.63) is 71.3 Å². The highest BCUT2D eigenvalue weighted by Gasteiger charge is 2.24. The second-order valence-corrected chi connectivity index (χ2v) is 7.07. The van der Waals surface area contributed by atoms with Crippen LogP contribution in [0.1, 0.15) is 16.7 Å². The lowest BCUT2D eigenvalue weighted by Gasteiger charge is -2.31. The average molecular weight is 342 g/mol. The van der Waals surface area contributed by atoms with Gasteiger partial charge in [-0.15, -0.1) is 0 Å². The van der Waals surface area contributed by atoms with Gasteiger partial charge >= 0.3 is 0 Å². The number of aliphatic imine (C=N–C) groups is 1. The zero-order valence-corrected chi connectivity index (χ0v) is 14.9. The molecule has 0 saturated carbocycles. The summed E-state index contributed by atoms with van der Waals surface area (Å²) in [6, 6.07) is 19.3. The maximum absolute atomic E-state index is 6.41. The Morgan fingerprint density at radius 1 is 0.962 bits per heavy atom. The van der Waals surface area contributed by atoms with Crippen LogP contribution in [0, 0.1) is 0 Å². The van der Waals surface area contributed by atoms with Crippen molar-refractivity contribution in [1.29, 1.82) is 0 Å². The number of aryl methyl sites for hydroxylation is 2. The highest BCUT2D eigenvalue weighted by molar-refractivity contribution is 5.95. The number of para-hydroxylation sites is 1. The topological polar surface area (TPSA) is 44.9 Å². The molecule has 0 aromatic heterocycles. The van der Waals surface area contributed by atoms with Gasteiger partial charge in [0.25, 0.3) is 0 Å². The van der Waals surface area contributed by atoms with Gasteiger partial charge in [-0.1, -0.05) is 42.5 Å². The monoisotopic (exact) mass is 342 g/mol. The summed E-state index contributed by atoms with van der Waals surface area (Å²) in [7, 11) is 1.99. The lowest BCUT2D eigenvalue weighted by Crippen LogP contribution is -2.46. The predicted octanol–water partition coefficient (Wildman–Crippen LogP) is 3.79. The minimum Gasteiger partial charge on any atom is -0.368 e. The van der Waals surface area contributed by atoms with E-state index < -0.39 is 0 Å². The Morgan fingerprint density at radius 2 is 1.81 bits per heavy atom. The summed E-state index contributed by atoms with van der Waals surface area (Å²) >= 11 is 0. The number of anilines is 1. The molecule has 1 aliphatic carbocycles. The standard InChI is InChI=1S/C22H22N4/c1-25(26-14-13-15-5-2-3-8-20(15)26)22(23)24-19-12-10-17-7-4-6-16-9-11-18(19)21(16)17/h2-8,10,12H,9,11,13-14H2,1H3,(H2,23,24). The van der Waals surface area contributed by atoms with Gasteiger partial charge in [-0.05, 0) is 58.9 Å².